The zero-order valence-corrected chi connectivity index (χ0v) is 12.7. The second-order valence-corrected chi connectivity index (χ2v) is 7.52. The predicted molar refractivity (Wildman–Crippen MR) is 70.8 cm³/mol. The van der Waals surface area contributed by atoms with Crippen LogP contribution in [0.4, 0.5) is 0 Å². The fraction of sp³-hybridized carbons (Fsp3) is 0.700. The molecule has 0 aliphatic heterocycles. The molecule has 0 fully saturated rings. The molecule has 0 saturated carbocycles. The van der Waals surface area contributed by atoms with Crippen LogP contribution in [0.2, 0.25) is 0 Å². The number of H-pyrrole nitrogens is 1. The SMILES string of the molecule is CCc1ncc(S(=O)(=O)N(C)CCC(C)Br)[nH]1. The lowest BCUT2D eigenvalue weighted by Gasteiger charge is -2.16. The minimum Gasteiger partial charge on any atom is -0.332 e. The van der Waals surface area contributed by atoms with Gasteiger partial charge in [0.25, 0.3) is 10.0 Å². The first-order valence-corrected chi connectivity index (χ1v) is 7.87. The predicted octanol–water partition coefficient (Wildman–Crippen LogP) is 1.77. The zero-order valence-electron chi connectivity index (χ0n) is 10.3. The molecule has 1 N–H and O–H groups in total. The molecule has 0 radical (unpaired) electrons. The highest BCUT2D eigenvalue weighted by atomic mass is 79.9. The molecular formula is C10H18BrN3O2S. The van der Waals surface area contributed by atoms with Gasteiger partial charge in [0.2, 0.25) is 0 Å². The van der Waals surface area contributed by atoms with Crippen LogP contribution in [0.1, 0.15) is 26.1 Å². The Morgan fingerprint density at radius 1 is 1.59 bits per heavy atom. The number of nitrogens with one attached hydrogen (secondary N) is 1. The first-order valence-electron chi connectivity index (χ1n) is 5.52. The smallest absolute Gasteiger partial charge is 0.259 e. The van der Waals surface area contributed by atoms with Crippen LogP contribution in [0.15, 0.2) is 11.2 Å². The molecule has 0 saturated heterocycles. The number of aromatic amines is 1. The quantitative estimate of drug-likeness (QED) is 0.811. The molecule has 7 heteroatoms. The van der Waals surface area contributed by atoms with Gasteiger partial charge in [0.1, 0.15) is 5.82 Å². The van der Waals surface area contributed by atoms with E-state index < -0.39 is 10.0 Å². The van der Waals surface area contributed by atoms with Gasteiger partial charge in [0, 0.05) is 24.8 Å². The molecule has 0 amide bonds. The van der Waals surface area contributed by atoms with Crippen molar-refractivity contribution in [2.24, 2.45) is 0 Å². The van der Waals surface area contributed by atoms with Gasteiger partial charge in [-0.05, 0) is 6.42 Å². The molecule has 1 heterocycles. The van der Waals surface area contributed by atoms with Crippen molar-refractivity contribution in [2.45, 2.75) is 36.5 Å². The molecule has 17 heavy (non-hydrogen) atoms. The molecule has 1 aromatic rings. The summed E-state index contributed by atoms with van der Waals surface area (Å²) in [6.07, 6.45) is 2.84. The van der Waals surface area contributed by atoms with Gasteiger partial charge < -0.3 is 4.98 Å². The van der Waals surface area contributed by atoms with E-state index in [2.05, 4.69) is 25.9 Å². The van der Waals surface area contributed by atoms with Crippen LogP contribution in [-0.2, 0) is 16.4 Å². The first-order chi connectivity index (χ1) is 7.87. The Balaban J connectivity index is 2.79. The third-order valence-electron chi connectivity index (χ3n) is 2.47. The fourth-order valence-electron chi connectivity index (χ4n) is 1.30. The molecule has 1 aromatic heterocycles. The van der Waals surface area contributed by atoms with Crippen molar-refractivity contribution >= 4 is 26.0 Å². The number of alkyl halides is 1. The van der Waals surface area contributed by atoms with Crippen molar-refractivity contribution < 1.29 is 8.42 Å². The number of nitrogens with zero attached hydrogens (tertiary/aromatic N) is 2. The average molecular weight is 324 g/mol. The van der Waals surface area contributed by atoms with Crippen LogP contribution in [0, 0.1) is 0 Å². The second kappa shape index (κ2) is 5.97. The third-order valence-corrected chi connectivity index (χ3v) is 4.69. The lowest BCUT2D eigenvalue weighted by Crippen LogP contribution is -2.29. The van der Waals surface area contributed by atoms with E-state index >= 15 is 0 Å². The number of halogens is 1. The van der Waals surface area contributed by atoms with Gasteiger partial charge in [-0.15, -0.1) is 0 Å². The molecule has 0 spiro atoms. The number of hydrogen-bond acceptors (Lipinski definition) is 3. The molecule has 5 nitrogen and oxygen atoms in total. The lowest BCUT2D eigenvalue weighted by molar-refractivity contribution is 0.460. The van der Waals surface area contributed by atoms with Crippen molar-refractivity contribution in [3.05, 3.63) is 12.0 Å². The summed E-state index contributed by atoms with van der Waals surface area (Å²) in [6.45, 7) is 4.40. The van der Waals surface area contributed by atoms with E-state index in [0.717, 1.165) is 6.42 Å². The van der Waals surface area contributed by atoms with Crippen molar-refractivity contribution in [3.63, 3.8) is 0 Å². The number of imidazole rings is 1. The normalized spacial score (nSPS) is 14.2. The molecule has 1 rings (SSSR count). The molecule has 1 atom stereocenters. The van der Waals surface area contributed by atoms with E-state index in [1.807, 2.05) is 13.8 Å². The van der Waals surface area contributed by atoms with E-state index in [1.165, 1.54) is 10.5 Å². The maximum atomic E-state index is 12.1. The summed E-state index contributed by atoms with van der Waals surface area (Å²) in [7, 11) is -1.85. The largest absolute Gasteiger partial charge is 0.332 e. The highest BCUT2D eigenvalue weighted by Gasteiger charge is 2.22. The summed E-state index contributed by atoms with van der Waals surface area (Å²) in [5.41, 5.74) is 0. The summed E-state index contributed by atoms with van der Waals surface area (Å²) < 4.78 is 25.6. The van der Waals surface area contributed by atoms with Crippen LogP contribution in [0.25, 0.3) is 0 Å². The Labute approximate surface area is 111 Å². The Morgan fingerprint density at radius 3 is 2.71 bits per heavy atom. The lowest BCUT2D eigenvalue weighted by atomic mass is 10.3. The van der Waals surface area contributed by atoms with Crippen molar-refractivity contribution in [3.8, 4) is 0 Å². The van der Waals surface area contributed by atoms with Crippen LogP contribution in [0.5, 0.6) is 0 Å². The van der Waals surface area contributed by atoms with Gasteiger partial charge in [-0.2, -0.15) is 4.31 Å². The van der Waals surface area contributed by atoms with Crippen molar-refractivity contribution in [2.75, 3.05) is 13.6 Å². The zero-order chi connectivity index (χ0) is 13.1. The summed E-state index contributed by atoms with van der Waals surface area (Å²) in [5, 5.41) is 0.166. The highest BCUT2D eigenvalue weighted by molar-refractivity contribution is 9.09. The van der Waals surface area contributed by atoms with Gasteiger partial charge in [-0.3, -0.25) is 0 Å². The average Bonchev–Trinajstić information content (AvgIpc) is 2.74. The fourth-order valence-corrected chi connectivity index (χ4v) is 2.62. The molecule has 0 aliphatic rings. The maximum Gasteiger partial charge on any atom is 0.259 e. The van der Waals surface area contributed by atoms with Gasteiger partial charge in [0.05, 0.1) is 6.20 Å². The summed E-state index contributed by atoms with van der Waals surface area (Å²) in [5.74, 6) is 0.686. The number of hydrogen-bond donors (Lipinski definition) is 1. The molecule has 0 aromatic carbocycles. The number of sulfonamides is 1. The molecule has 0 bridgehead atoms. The van der Waals surface area contributed by atoms with Gasteiger partial charge in [0.15, 0.2) is 5.03 Å². The minimum atomic E-state index is -3.43. The summed E-state index contributed by atoms with van der Waals surface area (Å²) in [6, 6.07) is 0. The third kappa shape index (κ3) is 3.79. The first kappa shape index (κ1) is 14.7. The summed E-state index contributed by atoms with van der Waals surface area (Å²) in [4.78, 5) is 7.13. The summed E-state index contributed by atoms with van der Waals surface area (Å²) >= 11 is 3.40. The van der Waals surface area contributed by atoms with E-state index in [0.29, 0.717) is 23.6 Å². The monoisotopic (exact) mass is 323 g/mol. The molecule has 98 valence electrons. The van der Waals surface area contributed by atoms with Crippen LogP contribution in [-0.4, -0.2) is 41.1 Å². The van der Waals surface area contributed by atoms with Gasteiger partial charge in [-0.25, -0.2) is 13.4 Å². The number of aromatic nitrogens is 2. The second-order valence-electron chi connectivity index (χ2n) is 3.94. The van der Waals surface area contributed by atoms with Crippen LogP contribution in [0.3, 0.4) is 0 Å². The van der Waals surface area contributed by atoms with Gasteiger partial charge in [-0.1, -0.05) is 29.8 Å². The number of aryl methyl sites for hydroxylation is 1. The molecule has 0 aliphatic carbocycles. The molecular weight excluding hydrogens is 306 g/mol. The highest BCUT2D eigenvalue weighted by Crippen LogP contribution is 2.14. The Bertz CT molecular complexity index is 456. The van der Waals surface area contributed by atoms with Crippen LogP contribution < -0.4 is 0 Å². The molecule has 1 unspecified atom stereocenters. The minimum absolute atomic E-state index is 0.166. The Hall–Kier alpha value is -0.400. The van der Waals surface area contributed by atoms with Gasteiger partial charge >= 0.3 is 0 Å². The Morgan fingerprint density at radius 2 is 2.24 bits per heavy atom. The van der Waals surface area contributed by atoms with Crippen LogP contribution >= 0.6 is 15.9 Å². The number of rotatable bonds is 6. The van der Waals surface area contributed by atoms with E-state index in [4.69, 9.17) is 0 Å². The van der Waals surface area contributed by atoms with E-state index in [1.54, 1.807) is 7.05 Å². The van der Waals surface area contributed by atoms with Crippen molar-refractivity contribution in [1.29, 1.82) is 0 Å². The van der Waals surface area contributed by atoms with Crippen molar-refractivity contribution in [1.82, 2.24) is 14.3 Å². The van der Waals surface area contributed by atoms with E-state index in [-0.39, 0.29) is 5.03 Å². The standard InChI is InChI=1S/C10H18BrN3O2S/c1-4-9-12-7-10(13-9)17(15,16)14(3)6-5-8(2)11/h7-8H,4-6H2,1-3H3,(H,12,13). The maximum absolute atomic E-state index is 12.1. The van der Waals surface area contributed by atoms with E-state index in [9.17, 15) is 8.42 Å². The Kier molecular flexibility index (Phi) is 5.15. The topological polar surface area (TPSA) is 66.1 Å².